The lowest BCUT2D eigenvalue weighted by atomic mass is 10.2. The van der Waals surface area contributed by atoms with E-state index in [9.17, 15) is 4.79 Å². The van der Waals surface area contributed by atoms with Crippen LogP contribution in [-0.2, 0) is 13.5 Å². The van der Waals surface area contributed by atoms with Crippen LogP contribution >= 0.6 is 0 Å². The minimum Gasteiger partial charge on any atom is -0.337 e. The highest BCUT2D eigenvalue weighted by Gasteiger charge is 2.02. The van der Waals surface area contributed by atoms with E-state index >= 15 is 0 Å². The van der Waals surface area contributed by atoms with Gasteiger partial charge in [-0.3, -0.25) is 4.79 Å². The van der Waals surface area contributed by atoms with Crippen molar-refractivity contribution in [3.05, 3.63) is 17.7 Å². The lowest BCUT2D eigenvalue weighted by Gasteiger charge is -1.97. The maximum atomic E-state index is 10.4. The van der Waals surface area contributed by atoms with E-state index in [1.54, 1.807) is 6.20 Å². The first kappa shape index (κ1) is 8.97. The van der Waals surface area contributed by atoms with Gasteiger partial charge in [-0.2, -0.15) is 0 Å². The predicted octanol–water partition coefficient (Wildman–Crippen LogP) is 1.58. The van der Waals surface area contributed by atoms with Crippen molar-refractivity contribution < 1.29 is 4.79 Å². The summed E-state index contributed by atoms with van der Waals surface area (Å²) in [6.45, 7) is 2.14. The number of hydrogen-bond donors (Lipinski definition) is 0. The summed E-state index contributed by atoms with van der Waals surface area (Å²) in [5.41, 5.74) is 0.531. The molecule has 1 rings (SSSR count). The van der Waals surface area contributed by atoms with Crippen molar-refractivity contribution >= 4 is 6.29 Å². The molecule has 0 aromatic carbocycles. The van der Waals surface area contributed by atoms with E-state index in [-0.39, 0.29) is 0 Å². The summed E-state index contributed by atoms with van der Waals surface area (Å²) in [6, 6.07) is 0. The molecule has 1 aromatic rings. The number of nitrogens with zero attached hydrogens (tertiary/aromatic N) is 2. The van der Waals surface area contributed by atoms with E-state index in [0.29, 0.717) is 5.69 Å². The fourth-order valence-electron chi connectivity index (χ4n) is 1.15. The number of aryl methyl sites for hydroxylation is 2. The first-order valence-corrected chi connectivity index (χ1v) is 4.25. The second-order valence-corrected chi connectivity index (χ2v) is 2.91. The van der Waals surface area contributed by atoms with Crippen LogP contribution in [0.25, 0.3) is 0 Å². The van der Waals surface area contributed by atoms with Crippen molar-refractivity contribution in [3.8, 4) is 0 Å². The molecule has 1 heterocycles. The van der Waals surface area contributed by atoms with Crippen LogP contribution in [0.1, 0.15) is 36.1 Å². The highest BCUT2D eigenvalue weighted by molar-refractivity contribution is 5.71. The van der Waals surface area contributed by atoms with E-state index in [1.165, 1.54) is 0 Å². The quantitative estimate of drug-likeness (QED) is 0.636. The summed E-state index contributed by atoms with van der Waals surface area (Å²) in [5.74, 6) is 0.999. The van der Waals surface area contributed by atoms with Crippen molar-refractivity contribution in [3.63, 3.8) is 0 Å². The number of rotatable bonds is 4. The molecule has 0 saturated carbocycles. The number of hydrogen-bond acceptors (Lipinski definition) is 2. The van der Waals surface area contributed by atoms with Crippen LogP contribution in [0.3, 0.4) is 0 Å². The molecule has 0 atom stereocenters. The van der Waals surface area contributed by atoms with Crippen LogP contribution in [0.5, 0.6) is 0 Å². The van der Waals surface area contributed by atoms with Gasteiger partial charge in [0.1, 0.15) is 11.5 Å². The van der Waals surface area contributed by atoms with Crippen LogP contribution in [0.2, 0.25) is 0 Å². The topological polar surface area (TPSA) is 34.9 Å². The first-order chi connectivity index (χ1) is 5.77. The zero-order valence-corrected chi connectivity index (χ0v) is 7.58. The highest BCUT2D eigenvalue weighted by Crippen LogP contribution is 2.03. The van der Waals surface area contributed by atoms with Crippen LogP contribution < -0.4 is 0 Å². The van der Waals surface area contributed by atoms with E-state index < -0.39 is 0 Å². The molecule has 0 saturated heterocycles. The zero-order valence-electron chi connectivity index (χ0n) is 7.58. The number of unbranched alkanes of at least 4 members (excludes halogenated alkanes) is 1. The molecule has 0 fully saturated rings. The summed E-state index contributed by atoms with van der Waals surface area (Å²) < 4.78 is 1.92. The molecule has 3 nitrogen and oxygen atoms in total. The molecule has 66 valence electrons. The van der Waals surface area contributed by atoms with Gasteiger partial charge in [0.15, 0.2) is 6.29 Å². The molecule has 0 radical (unpaired) electrons. The lowest BCUT2D eigenvalue weighted by molar-refractivity contribution is 0.111. The average molecular weight is 166 g/mol. The summed E-state index contributed by atoms with van der Waals surface area (Å²) >= 11 is 0. The number of imidazole rings is 1. The Hall–Kier alpha value is -1.12. The molecule has 0 bridgehead atoms. The molecule has 12 heavy (non-hydrogen) atoms. The lowest BCUT2D eigenvalue weighted by Crippen LogP contribution is -1.96. The minimum atomic E-state index is 0.531. The van der Waals surface area contributed by atoms with Gasteiger partial charge < -0.3 is 4.57 Å². The van der Waals surface area contributed by atoms with Crippen LogP contribution in [-0.4, -0.2) is 15.8 Å². The normalized spacial score (nSPS) is 10.2. The Morgan fingerprint density at radius 3 is 2.92 bits per heavy atom. The second-order valence-electron chi connectivity index (χ2n) is 2.91. The van der Waals surface area contributed by atoms with E-state index in [1.807, 2.05) is 11.6 Å². The third-order valence-corrected chi connectivity index (χ3v) is 1.87. The molecule has 0 spiro atoms. The maximum absolute atomic E-state index is 10.4. The Bertz CT molecular complexity index is 265. The molecule has 0 aliphatic rings. The molecule has 0 N–H and O–H groups in total. The average Bonchev–Trinajstić information content (AvgIpc) is 2.43. The monoisotopic (exact) mass is 166 g/mol. The first-order valence-electron chi connectivity index (χ1n) is 4.25. The van der Waals surface area contributed by atoms with Crippen molar-refractivity contribution in [1.29, 1.82) is 0 Å². The van der Waals surface area contributed by atoms with Gasteiger partial charge in [-0.05, 0) is 6.42 Å². The molecule has 0 amide bonds. The standard InChI is InChI=1S/C9H14N2O/c1-3-4-5-9-10-8(7-12)6-11(9)2/h6-7H,3-5H2,1-2H3. The summed E-state index contributed by atoms with van der Waals surface area (Å²) in [4.78, 5) is 14.5. The van der Waals surface area contributed by atoms with Gasteiger partial charge in [0.2, 0.25) is 0 Å². The largest absolute Gasteiger partial charge is 0.337 e. The molecule has 3 heteroatoms. The van der Waals surface area contributed by atoms with Gasteiger partial charge in [-0.15, -0.1) is 0 Å². The van der Waals surface area contributed by atoms with Gasteiger partial charge in [0.25, 0.3) is 0 Å². The van der Waals surface area contributed by atoms with E-state index in [2.05, 4.69) is 11.9 Å². The van der Waals surface area contributed by atoms with Crippen LogP contribution in [0.15, 0.2) is 6.20 Å². The fraction of sp³-hybridized carbons (Fsp3) is 0.556. The second kappa shape index (κ2) is 4.04. The van der Waals surface area contributed by atoms with E-state index in [4.69, 9.17) is 0 Å². The van der Waals surface area contributed by atoms with Crippen molar-refractivity contribution in [2.45, 2.75) is 26.2 Å². The van der Waals surface area contributed by atoms with Gasteiger partial charge in [0.05, 0.1) is 0 Å². The molecule has 0 aliphatic carbocycles. The van der Waals surface area contributed by atoms with Crippen molar-refractivity contribution in [2.24, 2.45) is 7.05 Å². The molecular formula is C9H14N2O. The molecule has 0 unspecified atom stereocenters. The highest BCUT2D eigenvalue weighted by atomic mass is 16.1. The number of aldehydes is 1. The van der Waals surface area contributed by atoms with E-state index in [0.717, 1.165) is 31.4 Å². The molecule has 1 aromatic heterocycles. The smallest absolute Gasteiger partial charge is 0.170 e. The van der Waals surface area contributed by atoms with Gasteiger partial charge in [-0.1, -0.05) is 13.3 Å². The maximum Gasteiger partial charge on any atom is 0.170 e. The van der Waals surface area contributed by atoms with Gasteiger partial charge >= 0.3 is 0 Å². The minimum absolute atomic E-state index is 0.531. The predicted molar refractivity (Wildman–Crippen MR) is 47.2 cm³/mol. The van der Waals surface area contributed by atoms with Crippen LogP contribution in [0, 0.1) is 0 Å². The molecule has 0 aliphatic heterocycles. The van der Waals surface area contributed by atoms with Gasteiger partial charge in [0, 0.05) is 19.7 Å². The fourth-order valence-corrected chi connectivity index (χ4v) is 1.15. The van der Waals surface area contributed by atoms with Crippen molar-refractivity contribution in [2.75, 3.05) is 0 Å². The Morgan fingerprint density at radius 2 is 2.42 bits per heavy atom. The summed E-state index contributed by atoms with van der Waals surface area (Å²) in [7, 11) is 1.92. The third kappa shape index (κ3) is 1.94. The van der Waals surface area contributed by atoms with Crippen LogP contribution in [0.4, 0.5) is 0 Å². The third-order valence-electron chi connectivity index (χ3n) is 1.87. The Labute approximate surface area is 72.4 Å². The number of carbonyl (C=O) groups is 1. The number of aromatic nitrogens is 2. The van der Waals surface area contributed by atoms with Gasteiger partial charge in [-0.25, -0.2) is 4.98 Å². The Morgan fingerprint density at radius 1 is 1.67 bits per heavy atom. The summed E-state index contributed by atoms with van der Waals surface area (Å²) in [5, 5.41) is 0. The Balaban J connectivity index is 2.70. The zero-order chi connectivity index (χ0) is 8.97. The van der Waals surface area contributed by atoms with Crippen molar-refractivity contribution in [1.82, 2.24) is 9.55 Å². The number of carbonyl (C=O) groups excluding carboxylic acids is 1. The summed E-state index contributed by atoms with van der Waals surface area (Å²) in [6.07, 6.45) is 5.79. The Kier molecular flexibility index (Phi) is 3.02. The molecular weight excluding hydrogens is 152 g/mol. The SMILES string of the molecule is CCCCc1nc(C=O)cn1C.